The third-order valence-corrected chi connectivity index (χ3v) is 4.57. The van der Waals surface area contributed by atoms with Crippen LogP contribution in [0, 0.1) is 6.92 Å². The Hall–Kier alpha value is -3.34. The maximum atomic E-state index is 12.5. The van der Waals surface area contributed by atoms with Crippen molar-refractivity contribution in [2.45, 2.75) is 39.5 Å². The molecule has 0 spiro atoms. The summed E-state index contributed by atoms with van der Waals surface area (Å²) in [6.07, 6.45) is 2.94. The number of amides is 1. The zero-order valence-corrected chi connectivity index (χ0v) is 17.0. The molecular weight excluding hydrogens is 364 g/mol. The molecule has 3 aromatic rings. The van der Waals surface area contributed by atoms with E-state index in [2.05, 4.69) is 10.3 Å². The van der Waals surface area contributed by atoms with Crippen LogP contribution >= 0.6 is 0 Å². The number of aryl methyl sites for hydroxylation is 1. The van der Waals surface area contributed by atoms with Crippen molar-refractivity contribution in [1.29, 1.82) is 0 Å². The van der Waals surface area contributed by atoms with Crippen LogP contribution in [0.3, 0.4) is 0 Å². The number of aromatic nitrogens is 1. The van der Waals surface area contributed by atoms with Crippen molar-refractivity contribution in [1.82, 2.24) is 10.3 Å². The molecule has 0 bridgehead atoms. The Kier molecular flexibility index (Phi) is 6.85. The Labute approximate surface area is 171 Å². The van der Waals surface area contributed by atoms with Gasteiger partial charge in [-0.15, -0.1) is 0 Å². The van der Waals surface area contributed by atoms with Crippen LogP contribution in [0.25, 0.3) is 0 Å². The lowest BCUT2D eigenvalue weighted by atomic mass is 10.1. The average molecular weight is 390 g/mol. The van der Waals surface area contributed by atoms with Gasteiger partial charge in [0.25, 0.3) is 5.91 Å². The standard InChI is InChI=1S/C24H26N2O3/c1-17-6-10-23(11-7-17)29-19(3)24(27)26-18(2)21-8-12-22(13-9-21)28-16-20-5-4-14-25-15-20/h4-15,18-19H,16H2,1-3H3,(H,26,27). The second-order valence-electron chi connectivity index (χ2n) is 7.02. The van der Waals surface area contributed by atoms with E-state index >= 15 is 0 Å². The molecule has 0 aliphatic rings. The summed E-state index contributed by atoms with van der Waals surface area (Å²) >= 11 is 0. The zero-order valence-electron chi connectivity index (χ0n) is 17.0. The fourth-order valence-electron chi connectivity index (χ4n) is 2.79. The molecule has 2 atom stereocenters. The summed E-state index contributed by atoms with van der Waals surface area (Å²) in [6, 6.07) is 19.1. The van der Waals surface area contributed by atoms with Gasteiger partial charge in [0.1, 0.15) is 18.1 Å². The van der Waals surface area contributed by atoms with Gasteiger partial charge in [-0.05, 0) is 56.7 Å². The number of rotatable bonds is 8. The Bertz CT molecular complexity index is 909. The first-order valence-corrected chi connectivity index (χ1v) is 9.66. The van der Waals surface area contributed by atoms with E-state index in [4.69, 9.17) is 9.47 Å². The van der Waals surface area contributed by atoms with Gasteiger partial charge in [-0.1, -0.05) is 35.9 Å². The molecule has 29 heavy (non-hydrogen) atoms. The highest BCUT2D eigenvalue weighted by Gasteiger charge is 2.17. The second-order valence-corrected chi connectivity index (χ2v) is 7.02. The maximum Gasteiger partial charge on any atom is 0.261 e. The van der Waals surface area contributed by atoms with Gasteiger partial charge in [0.05, 0.1) is 6.04 Å². The molecule has 1 amide bonds. The van der Waals surface area contributed by atoms with Gasteiger partial charge in [-0.2, -0.15) is 0 Å². The lowest BCUT2D eigenvalue weighted by molar-refractivity contribution is -0.127. The van der Waals surface area contributed by atoms with Crippen LogP contribution in [0.2, 0.25) is 0 Å². The molecule has 0 aliphatic carbocycles. The number of benzene rings is 2. The van der Waals surface area contributed by atoms with E-state index in [1.165, 1.54) is 0 Å². The molecule has 0 saturated heterocycles. The topological polar surface area (TPSA) is 60.5 Å². The van der Waals surface area contributed by atoms with Crippen molar-refractivity contribution in [2.75, 3.05) is 0 Å². The Morgan fingerprint density at radius 1 is 1.00 bits per heavy atom. The molecule has 3 rings (SSSR count). The molecule has 2 aromatic carbocycles. The zero-order chi connectivity index (χ0) is 20.6. The van der Waals surface area contributed by atoms with E-state index in [-0.39, 0.29) is 11.9 Å². The van der Waals surface area contributed by atoms with Crippen molar-refractivity contribution in [3.05, 3.63) is 89.7 Å². The minimum absolute atomic E-state index is 0.140. The van der Waals surface area contributed by atoms with Crippen LogP contribution in [0.5, 0.6) is 11.5 Å². The molecule has 0 fully saturated rings. The molecule has 1 aromatic heterocycles. The lowest BCUT2D eigenvalue weighted by Gasteiger charge is -2.19. The van der Waals surface area contributed by atoms with E-state index in [9.17, 15) is 4.79 Å². The molecule has 0 saturated carbocycles. The van der Waals surface area contributed by atoms with Crippen molar-refractivity contribution < 1.29 is 14.3 Å². The van der Waals surface area contributed by atoms with Crippen LogP contribution < -0.4 is 14.8 Å². The number of pyridine rings is 1. The van der Waals surface area contributed by atoms with Gasteiger partial charge < -0.3 is 14.8 Å². The minimum atomic E-state index is -0.581. The summed E-state index contributed by atoms with van der Waals surface area (Å²) in [7, 11) is 0. The van der Waals surface area contributed by atoms with Crippen molar-refractivity contribution >= 4 is 5.91 Å². The number of nitrogens with one attached hydrogen (secondary N) is 1. The van der Waals surface area contributed by atoms with Crippen molar-refractivity contribution in [3.63, 3.8) is 0 Å². The van der Waals surface area contributed by atoms with Gasteiger partial charge in [0.2, 0.25) is 0 Å². The molecule has 0 radical (unpaired) electrons. The minimum Gasteiger partial charge on any atom is -0.489 e. The Morgan fingerprint density at radius 3 is 2.34 bits per heavy atom. The Morgan fingerprint density at radius 2 is 1.69 bits per heavy atom. The molecule has 1 N–H and O–H groups in total. The smallest absolute Gasteiger partial charge is 0.261 e. The molecule has 5 nitrogen and oxygen atoms in total. The van der Waals surface area contributed by atoms with Gasteiger partial charge in [0, 0.05) is 18.0 Å². The quantitative estimate of drug-likeness (QED) is 0.610. The van der Waals surface area contributed by atoms with Gasteiger partial charge in [0.15, 0.2) is 6.10 Å². The lowest BCUT2D eigenvalue weighted by Crippen LogP contribution is -2.37. The summed E-state index contributed by atoms with van der Waals surface area (Å²) in [5, 5.41) is 2.99. The summed E-state index contributed by atoms with van der Waals surface area (Å²) in [5.74, 6) is 1.29. The number of carbonyl (C=O) groups is 1. The van der Waals surface area contributed by atoms with Crippen LogP contribution in [-0.4, -0.2) is 17.0 Å². The van der Waals surface area contributed by atoms with E-state index in [1.54, 1.807) is 19.3 Å². The predicted octanol–water partition coefficient (Wildman–Crippen LogP) is 4.61. The average Bonchev–Trinajstić information content (AvgIpc) is 2.75. The third-order valence-electron chi connectivity index (χ3n) is 4.57. The number of hydrogen-bond donors (Lipinski definition) is 1. The van der Waals surface area contributed by atoms with E-state index in [1.807, 2.05) is 74.5 Å². The molecule has 5 heteroatoms. The molecule has 2 unspecified atom stereocenters. The summed E-state index contributed by atoms with van der Waals surface area (Å²) < 4.78 is 11.5. The summed E-state index contributed by atoms with van der Waals surface area (Å²) in [4.78, 5) is 16.5. The van der Waals surface area contributed by atoms with Gasteiger partial charge in [-0.25, -0.2) is 0 Å². The van der Waals surface area contributed by atoms with Crippen LogP contribution in [-0.2, 0) is 11.4 Å². The van der Waals surface area contributed by atoms with E-state index in [0.29, 0.717) is 12.4 Å². The van der Waals surface area contributed by atoms with E-state index < -0.39 is 6.10 Å². The monoisotopic (exact) mass is 390 g/mol. The number of ether oxygens (including phenoxy) is 2. The van der Waals surface area contributed by atoms with Crippen molar-refractivity contribution in [2.24, 2.45) is 0 Å². The largest absolute Gasteiger partial charge is 0.489 e. The van der Waals surface area contributed by atoms with Crippen LogP contribution in [0.4, 0.5) is 0 Å². The summed E-state index contributed by atoms with van der Waals surface area (Å²) in [6.45, 7) is 6.17. The fraction of sp³-hybridized carbons (Fsp3) is 0.250. The highest BCUT2D eigenvalue weighted by Crippen LogP contribution is 2.19. The van der Waals surface area contributed by atoms with Gasteiger partial charge >= 0.3 is 0 Å². The Balaban J connectivity index is 1.50. The van der Waals surface area contributed by atoms with Gasteiger partial charge in [-0.3, -0.25) is 9.78 Å². The second kappa shape index (κ2) is 9.73. The molecule has 1 heterocycles. The predicted molar refractivity (Wildman–Crippen MR) is 113 cm³/mol. The maximum absolute atomic E-state index is 12.5. The van der Waals surface area contributed by atoms with Crippen molar-refractivity contribution in [3.8, 4) is 11.5 Å². The highest BCUT2D eigenvalue weighted by atomic mass is 16.5. The number of carbonyl (C=O) groups excluding carboxylic acids is 1. The first-order valence-electron chi connectivity index (χ1n) is 9.66. The molecule has 0 aliphatic heterocycles. The van der Waals surface area contributed by atoms with Crippen LogP contribution in [0.1, 0.15) is 36.6 Å². The fourth-order valence-corrected chi connectivity index (χ4v) is 2.79. The van der Waals surface area contributed by atoms with E-state index in [0.717, 1.165) is 22.4 Å². The first-order chi connectivity index (χ1) is 14.0. The summed E-state index contributed by atoms with van der Waals surface area (Å²) in [5.41, 5.74) is 3.16. The van der Waals surface area contributed by atoms with Crippen LogP contribution in [0.15, 0.2) is 73.1 Å². The first kappa shape index (κ1) is 20.4. The number of nitrogens with zero attached hydrogens (tertiary/aromatic N) is 1. The third kappa shape index (κ3) is 6.07. The SMILES string of the molecule is Cc1ccc(OC(C)C(=O)NC(C)c2ccc(OCc3cccnc3)cc2)cc1. The highest BCUT2D eigenvalue weighted by molar-refractivity contribution is 5.81. The molecular formula is C24H26N2O3. The number of hydrogen-bond acceptors (Lipinski definition) is 4. The normalized spacial score (nSPS) is 12.7. The molecule has 150 valence electrons.